The molecule has 2 unspecified atom stereocenters. The van der Waals surface area contributed by atoms with Gasteiger partial charge in [0.1, 0.15) is 6.10 Å². The van der Waals surface area contributed by atoms with E-state index >= 15 is 0 Å². The first-order valence-electron chi connectivity index (χ1n) is 5.85. The molecule has 0 radical (unpaired) electrons. The molecule has 1 rings (SSSR count). The molecule has 0 aromatic rings. The molecule has 0 saturated carbocycles. The van der Waals surface area contributed by atoms with Crippen LogP contribution in [0.25, 0.3) is 0 Å². The van der Waals surface area contributed by atoms with Crippen LogP contribution in [-0.4, -0.2) is 12.1 Å². The Bertz CT molecular complexity index is 187. The highest BCUT2D eigenvalue weighted by atomic mass is 16.5. The van der Waals surface area contributed by atoms with Crippen molar-refractivity contribution in [2.45, 2.75) is 59.0 Å². The molecule has 0 amide bonds. The fourth-order valence-electron chi connectivity index (χ4n) is 2.12. The van der Waals surface area contributed by atoms with Crippen LogP contribution in [0.5, 0.6) is 0 Å². The summed E-state index contributed by atoms with van der Waals surface area (Å²) in [6, 6.07) is 0. The molecule has 2 atom stereocenters. The Morgan fingerprint density at radius 3 is 2.71 bits per heavy atom. The van der Waals surface area contributed by atoms with E-state index in [9.17, 15) is 4.79 Å². The van der Waals surface area contributed by atoms with Crippen LogP contribution in [0.4, 0.5) is 0 Å². The fourth-order valence-corrected chi connectivity index (χ4v) is 2.12. The first-order chi connectivity index (χ1) is 6.65. The topological polar surface area (TPSA) is 26.3 Å². The molecular weight excluding hydrogens is 176 g/mol. The van der Waals surface area contributed by atoms with Crippen molar-refractivity contribution < 1.29 is 9.53 Å². The van der Waals surface area contributed by atoms with Gasteiger partial charge in [0.2, 0.25) is 0 Å². The molecule has 2 heteroatoms. The fraction of sp³-hybridized carbons (Fsp3) is 0.917. The first kappa shape index (κ1) is 11.5. The Kier molecular flexibility index (Phi) is 4.43. The third-order valence-electron chi connectivity index (χ3n) is 3.04. The zero-order valence-electron chi connectivity index (χ0n) is 9.58. The van der Waals surface area contributed by atoms with Crippen LogP contribution in [0.2, 0.25) is 0 Å². The van der Waals surface area contributed by atoms with Gasteiger partial charge in [0.25, 0.3) is 0 Å². The SMILES string of the molecule is CCCC1CCCC(C(C)C)C(=O)O1. The van der Waals surface area contributed by atoms with E-state index in [0.717, 1.165) is 32.1 Å². The molecule has 0 N–H and O–H groups in total. The van der Waals surface area contributed by atoms with Crippen molar-refractivity contribution in [3.63, 3.8) is 0 Å². The zero-order chi connectivity index (χ0) is 10.6. The number of rotatable bonds is 3. The number of carbonyl (C=O) groups excluding carboxylic acids is 1. The number of carbonyl (C=O) groups is 1. The van der Waals surface area contributed by atoms with E-state index in [1.54, 1.807) is 0 Å². The molecule has 0 aliphatic carbocycles. The minimum absolute atomic E-state index is 0.0379. The number of ether oxygens (including phenoxy) is 1. The normalized spacial score (nSPS) is 28.7. The van der Waals surface area contributed by atoms with Crippen LogP contribution in [0.1, 0.15) is 52.9 Å². The average molecular weight is 198 g/mol. The monoisotopic (exact) mass is 198 g/mol. The Morgan fingerprint density at radius 2 is 2.14 bits per heavy atom. The Labute approximate surface area is 87.0 Å². The van der Waals surface area contributed by atoms with E-state index < -0.39 is 0 Å². The summed E-state index contributed by atoms with van der Waals surface area (Å²) in [7, 11) is 0. The molecule has 0 aromatic heterocycles. The Hall–Kier alpha value is -0.530. The van der Waals surface area contributed by atoms with Crippen LogP contribution in [0.3, 0.4) is 0 Å². The van der Waals surface area contributed by atoms with E-state index in [0.29, 0.717) is 5.92 Å². The van der Waals surface area contributed by atoms with Gasteiger partial charge in [-0.15, -0.1) is 0 Å². The quantitative estimate of drug-likeness (QED) is 0.651. The second-order valence-corrected chi connectivity index (χ2v) is 4.63. The first-order valence-corrected chi connectivity index (χ1v) is 5.85. The van der Waals surface area contributed by atoms with Gasteiger partial charge in [0, 0.05) is 0 Å². The van der Waals surface area contributed by atoms with Crippen LogP contribution in [0.15, 0.2) is 0 Å². The molecular formula is C12H22O2. The largest absolute Gasteiger partial charge is 0.462 e. The summed E-state index contributed by atoms with van der Waals surface area (Å²) < 4.78 is 5.49. The predicted molar refractivity (Wildman–Crippen MR) is 57.0 cm³/mol. The van der Waals surface area contributed by atoms with Gasteiger partial charge in [-0.05, 0) is 31.6 Å². The highest BCUT2D eigenvalue weighted by Gasteiger charge is 2.28. The number of hydrogen-bond donors (Lipinski definition) is 0. The number of cyclic esters (lactones) is 1. The molecule has 0 spiro atoms. The second-order valence-electron chi connectivity index (χ2n) is 4.63. The van der Waals surface area contributed by atoms with Gasteiger partial charge in [-0.25, -0.2) is 0 Å². The van der Waals surface area contributed by atoms with Crippen molar-refractivity contribution in [2.24, 2.45) is 11.8 Å². The molecule has 0 aromatic carbocycles. The molecule has 1 saturated heterocycles. The van der Waals surface area contributed by atoms with Gasteiger partial charge in [-0.2, -0.15) is 0 Å². The van der Waals surface area contributed by atoms with Crippen molar-refractivity contribution in [3.8, 4) is 0 Å². The smallest absolute Gasteiger partial charge is 0.309 e. The maximum absolute atomic E-state index is 11.7. The van der Waals surface area contributed by atoms with E-state index in [4.69, 9.17) is 4.74 Å². The number of esters is 1. The van der Waals surface area contributed by atoms with Crippen molar-refractivity contribution in [1.29, 1.82) is 0 Å². The van der Waals surface area contributed by atoms with E-state index in [2.05, 4.69) is 20.8 Å². The highest BCUT2D eigenvalue weighted by Crippen LogP contribution is 2.26. The van der Waals surface area contributed by atoms with Gasteiger partial charge >= 0.3 is 5.97 Å². The van der Waals surface area contributed by atoms with E-state index in [1.165, 1.54) is 0 Å². The van der Waals surface area contributed by atoms with Crippen molar-refractivity contribution >= 4 is 5.97 Å². The van der Waals surface area contributed by atoms with Gasteiger partial charge in [0.05, 0.1) is 5.92 Å². The molecule has 2 nitrogen and oxygen atoms in total. The minimum atomic E-state index is 0.0379. The van der Waals surface area contributed by atoms with Crippen LogP contribution >= 0.6 is 0 Å². The summed E-state index contributed by atoms with van der Waals surface area (Å²) in [4.78, 5) is 11.7. The maximum Gasteiger partial charge on any atom is 0.309 e. The third kappa shape index (κ3) is 3.00. The molecule has 1 aliphatic heterocycles. The minimum Gasteiger partial charge on any atom is -0.462 e. The lowest BCUT2D eigenvalue weighted by Gasteiger charge is -2.18. The molecule has 82 valence electrons. The van der Waals surface area contributed by atoms with Crippen molar-refractivity contribution in [3.05, 3.63) is 0 Å². The van der Waals surface area contributed by atoms with E-state index in [1.807, 2.05) is 0 Å². The van der Waals surface area contributed by atoms with Crippen molar-refractivity contribution in [1.82, 2.24) is 0 Å². The predicted octanol–water partition coefficient (Wildman–Crippen LogP) is 3.15. The Morgan fingerprint density at radius 1 is 1.43 bits per heavy atom. The summed E-state index contributed by atoms with van der Waals surface area (Å²) in [5.41, 5.74) is 0. The van der Waals surface area contributed by atoms with Crippen LogP contribution in [0, 0.1) is 11.8 Å². The maximum atomic E-state index is 11.7. The van der Waals surface area contributed by atoms with Crippen molar-refractivity contribution in [2.75, 3.05) is 0 Å². The summed E-state index contributed by atoms with van der Waals surface area (Å²) in [5, 5.41) is 0. The highest BCUT2D eigenvalue weighted by molar-refractivity contribution is 5.73. The van der Waals surface area contributed by atoms with Gasteiger partial charge in [-0.1, -0.05) is 27.2 Å². The average Bonchev–Trinajstić information content (AvgIpc) is 2.27. The van der Waals surface area contributed by atoms with Gasteiger partial charge in [-0.3, -0.25) is 4.79 Å². The van der Waals surface area contributed by atoms with Crippen LogP contribution < -0.4 is 0 Å². The lowest BCUT2D eigenvalue weighted by molar-refractivity contribution is -0.154. The molecule has 0 bridgehead atoms. The van der Waals surface area contributed by atoms with E-state index in [-0.39, 0.29) is 18.0 Å². The third-order valence-corrected chi connectivity index (χ3v) is 3.04. The summed E-state index contributed by atoms with van der Waals surface area (Å²) >= 11 is 0. The Balaban J connectivity index is 2.52. The molecule has 1 aliphatic rings. The number of hydrogen-bond acceptors (Lipinski definition) is 2. The molecule has 1 heterocycles. The summed E-state index contributed by atoms with van der Waals surface area (Å²) in [6.45, 7) is 6.34. The second kappa shape index (κ2) is 5.38. The summed E-state index contributed by atoms with van der Waals surface area (Å²) in [5.74, 6) is 0.593. The lowest BCUT2D eigenvalue weighted by atomic mass is 9.91. The van der Waals surface area contributed by atoms with Gasteiger partial charge in [0.15, 0.2) is 0 Å². The zero-order valence-corrected chi connectivity index (χ0v) is 9.58. The molecule has 1 fully saturated rings. The standard InChI is InChI=1S/C12H22O2/c1-4-6-10-7-5-8-11(9(2)3)12(13)14-10/h9-11H,4-8H2,1-3H3. The molecule has 14 heavy (non-hydrogen) atoms. The lowest BCUT2D eigenvalue weighted by Crippen LogP contribution is -2.24. The van der Waals surface area contributed by atoms with Crippen LogP contribution in [-0.2, 0) is 9.53 Å². The summed E-state index contributed by atoms with van der Waals surface area (Å²) in [6.07, 6.45) is 5.52. The van der Waals surface area contributed by atoms with Gasteiger partial charge < -0.3 is 4.74 Å².